The number of benzene rings is 1. The molecule has 3 aromatic rings. The van der Waals surface area contributed by atoms with E-state index < -0.39 is 0 Å². The zero-order chi connectivity index (χ0) is 18.6. The number of carbonyl (C=O) groups excluding carboxylic acids is 1. The molecule has 1 aliphatic heterocycles. The number of aromatic nitrogens is 2. The van der Waals surface area contributed by atoms with Gasteiger partial charge in [-0.3, -0.25) is 4.79 Å². The Labute approximate surface area is 160 Å². The average molecular weight is 386 g/mol. The summed E-state index contributed by atoms with van der Waals surface area (Å²) in [5.41, 5.74) is 0.922. The van der Waals surface area contributed by atoms with Gasteiger partial charge in [0.25, 0.3) is 5.91 Å². The Bertz CT molecular complexity index is 890. The molecule has 6 nitrogen and oxygen atoms in total. The monoisotopic (exact) mass is 386 g/mol. The fraction of sp³-hybridized carbons (Fsp3) is 0.316. The molecular weight excluding hydrogens is 367 g/mol. The summed E-state index contributed by atoms with van der Waals surface area (Å²) in [6.07, 6.45) is 3.48. The zero-order valence-corrected chi connectivity index (χ0v) is 15.4. The summed E-state index contributed by atoms with van der Waals surface area (Å²) in [5.74, 6) is -0.0183. The molecule has 0 spiro atoms. The van der Waals surface area contributed by atoms with Gasteiger partial charge in [0.05, 0.1) is 0 Å². The van der Waals surface area contributed by atoms with Crippen LogP contribution < -0.4 is 15.0 Å². The number of amides is 1. The minimum atomic E-state index is -0.331. The van der Waals surface area contributed by atoms with Crippen molar-refractivity contribution >= 4 is 32.7 Å². The first-order valence-corrected chi connectivity index (χ1v) is 9.63. The molecule has 1 aliphatic rings. The molecular formula is C19H19FN4O2S. The van der Waals surface area contributed by atoms with E-state index in [-0.39, 0.29) is 24.4 Å². The van der Waals surface area contributed by atoms with Crippen molar-refractivity contribution in [2.45, 2.75) is 18.9 Å². The van der Waals surface area contributed by atoms with E-state index in [2.05, 4.69) is 20.2 Å². The second-order valence-corrected chi connectivity index (χ2v) is 7.35. The van der Waals surface area contributed by atoms with E-state index in [4.69, 9.17) is 4.74 Å². The summed E-state index contributed by atoms with van der Waals surface area (Å²) in [6, 6.07) is 9.61. The Hall–Kier alpha value is -2.74. The maximum absolute atomic E-state index is 12.9. The fourth-order valence-corrected chi connectivity index (χ4v) is 4.02. The summed E-state index contributed by atoms with van der Waals surface area (Å²) in [6.45, 7) is 1.60. The number of pyridine rings is 1. The molecule has 4 rings (SSSR count). The molecule has 0 aliphatic carbocycles. The summed E-state index contributed by atoms with van der Waals surface area (Å²) in [7, 11) is 0. The maximum atomic E-state index is 12.9. The van der Waals surface area contributed by atoms with E-state index in [1.165, 1.54) is 24.3 Å². The number of piperidine rings is 1. The lowest BCUT2D eigenvalue weighted by molar-refractivity contribution is -0.123. The molecule has 3 heterocycles. The Morgan fingerprint density at radius 1 is 1.26 bits per heavy atom. The lowest BCUT2D eigenvalue weighted by Gasteiger charge is -2.32. The highest BCUT2D eigenvalue weighted by molar-refractivity contribution is 7.21. The first kappa shape index (κ1) is 17.7. The summed E-state index contributed by atoms with van der Waals surface area (Å²) >= 11 is 1.60. The Kier molecular flexibility index (Phi) is 5.15. The fourth-order valence-electron chi connectivity index (χ4n) is 3.06. The van der Waals surface area contributed by atoms with E-state index in [1.807, 2.05) is 12.1 Å². The van der Waals surface area contributed by atoms with Crippen LogP contribution in [0.1, 0.15) is 12.8 Å². The van der Waals surface area contributed by atoms with Gasteiger partial charge in [-0.25, -0.2) is 14.4 Å². The third-order valence-corrected chi connectivity index (χ3v) is 5.51. The molecule has 0 saturated carbocycles. The summed E-state index contributed by atoms with van der Waals surface area (Å²) < 4.78 is 18.2. The standard InChI is InChI=1S/C19H19FN4O2S/c20-13-3-5-15(6-4-13)26-12-17(25)22-14-7-10-24(11-8-14)19-23-16-2-1-9-21-18(16)27-19/h1-6,9,14H,7-8,10-12H2,(H,22,25). The summed E-state index contributed by atoms with van der Waals surface area (Å²) in [5, 5.41) is 3.98. The first-order valence-electron chi connectivity index (χ1n) is 8.81. The molecule has 0 atom stereocenters. The van der Waals surface area contributed by atoms with E-state index in [0.29, 0.717) is 5.75 Å². The molecule has 8 heteroatoms. The highest BCUT2D eigenvalue weighted by Crippen LogP contribution is 2.29. The number of carbonyl (C=O) groups is 1. The Morgan fingerprint density at radius 2 is 2.04 bits per heavy atom. The number of fused-ring (bicyclic) bond motifs is 1. The van der Waals surface area contributed by atoms with Gasteiger partial charge in [0.1, 0.15) is 21.9 Å². The number of anilines is 1. The second kappa shape index (κ2) is 7.87. The molecule has 1 aromatic carbocycles. The van der Waals surface area contributed by atoms with Crippen molar-refractivity contribution in [3.63, 3.8) is 0 Å². The number of hydrogen-bond acceptors (Lipinski definition) is 6. The van der Waals surface area contributed by atoms with Crippen LogP contribution in [0.4, 0.5) is 9.52 Å². The zero-order valence-electron chi connectivity index (χ0n) is 14.6. The smallest absolute Gasteiger partial charge is 0.258 e. The molecule has 2 aromatic heterocycles. The van der Waals surface area contributed by atoms with Crippen molar-refractivity contribution < 1.29 is 13.9 Å². The van der Waals surface area contributed by atoms with Crippen molar-refractivity contribution in [3.8, 4) is 5.75 Å². The van der Waals surface area contributed by atoms with Crippen LogP contribution in [-0.4, -0.2) is 41.6 Å². The number of ether oxygens (including phenoxy) is 1. The molecule has 0 radical (unpaired) electrons. The van der Waals surface area contributed by atoms with Gasteiger partial charge in [-0.1, -0.05) is 11.3 Å². The van der Waals surface area contributed by atoms with Crippen LogP contribution in [0, 0.1) is 5.82 Å². The van der Waals surface area contributed by atoms with Crippen LogP contribution in [0.25, 0.3) is 10.3 Å². The highest BCUT2D eigenvalue weighted by atomic mass is 32.1. The van der Waals surface area contributed by atoms with Crippen LogP contribution in [0.5, 0.6) is 5.75 Å². The van der Waals surface area contributed by atoms with Crippen LogP contribution in [0.3, 0.4) is 0 Å². The Balaban J connectivity index is 1.25. The van der Waals surface area contributed by atoms with Crippen molar-refractivity contribution in [2.75, 3.05) is 24.6 Å². The van der Waals surface area contributed by atoms with E-state index in [9.17, 15) is 9.18 Å². The number of hydrogen-bond donors (Lipinski definition) is 1. The molecule has 1 saturated heterocycles. The van der Waals surface area contributed by atoms with Crippen molar-refractivity contribution in [2.24, 2.45) is 0 Å². The normalized spacial score (nSPS) is 15.1. The van der Waals surface area contributed by atoms with Gasteiger partial charge in [-0.05, 0) is 49.2 Å². The minimum absolute atomic E-state index is 0.0740. The quantitative estimate of drug-likeness (QED) is 0.730. The first-order chi connectivity index (χ1) is 13.2. The van der Waals surface area contributed by atoms with Crippen molar-refractivity contribution in [1.29, 1.82) is 0 Å². The maximum Gasteiger partial charge on any atom is 0.258 e. The average Bonchev–Trinajstić information content (AvgIpc) is 3.12. The van der Waals surface area contributed by atoms with Gasteiger partial charge < -0.3 is 15.0 Å². The van der Waals surface area contributed by atoms with Gasteiger partial charge in [0.2, 0.25) is 0 Å². The van der Waals surface area contributed by atoms with Gasteiger partial charge in [0.15, 0.2) is 11.7 Å². The molecule has 0 bridgehead atoms. The van der Waals surface area contributed by atoms with E-state index in [1.54, 1.807) is 17.5 Å². The summed E-state index contributed by atoms with van der Waals surface area (Å²) in [4.78, 5) is 24.2. The second-order valence-electron chi connectivity index (χ2n) is 6.40. The number of nitrogens with one attached hydrogen (secondary N) is 1. The highest BCUT2D eigenvalue weighted by Gasteiger charge is 2.23. The third kappa shape index (κ3) is 4.33. The molecule has 1 fully saturated rings. The molecule has 1 amide bonds. The minimum Gasteiger partial charge on any atom is -0.484 e. The largest absolute Gasteiger partial charge is 0.484 e. The molecule has 140 valence electrons. The topological polar surface area (TPSA) is 67.3 Å². The number of thiazole rings is 1. The van der Waals surface area contributed by atoms with Crippen LogP contribution in [-0.2, 0) is 4.79 Å². The van der Waals surface area contributed by atoms with Gasteiger partial charge in [-0.2, -0.15) is 0 Å². The SMILES string of the molecule is O=C(COc1ccc(F)cc1)NC1CCN(c2nc3cccnc3s2)CC1. The molecule has 0 unspecified atom stereocenters. The predicted octanol–water partition coefficient (Wildman–Crippen LogP) is 2.99. The van der Waals surface area contributed by atoms with Crippen molar-refractivity contribution in [3.05, 3.63) is 48.4 Å². The number of halogens is 1. The molecule has 27 heavy (non-hydrogen) atoms. The number of rotatable bonds is 5. The third-order valence-electron chi connectivity index (χ3n) is 4.47. The van der Waals surface area contributed by atoms with Gasteiger partial charge in [0, 0.05) is 25.3 Å². The van der Waals surface area contributed by atoms with E-state index >= 15 is 0 Å². The lowest BCUT2D eigenvalue weighted by atomic mass is 10.1. The van der Waals surface area contributed by atoms with Crippen LogP contribution in [0.2, 0.25) is 0 Å². The predicted molar refractivity (Wildman–Crippen MR) is 103 cm³/mol. The number of nitrogens with zero attached hydrogens (tertiary/aromatic N) is 3. The van der Waals surface area contributed by atoms with Crippen LogP contribution in [0.15, 0.2) is 42.6 Å². The molecule has 1 N–H and O–H groups in total. The van der Waals surface area contributed by atoms with Crippen LogP contribution >= 0.6 is 11.3 Å². The Morgan fingerprint density at radius 3 is 2.78 bits per heavy atom. The lowest BCUT2D eigenvalue weighted by Crippen LogP contribution is -2.46. The van der Waals surface area contributed by atoms with Gasteiger partial charge >= 0.3 is 0 Å². The van der Waals surface area contributed by atoms with Crippen molar-refractivity contribution in [1.82, 2.24) is 15.3 Å². The van der Waals surface area contributed by atoms with Gasteiger partial charge in [-0.15, -0.1) is 0 Å². The van der Waals surface area contributed by atoms with E-state index in [0.717, 1.165) is 41.4 Å².